The molecule has 0 saturated heterocycles. The molecule has 0 unspecified atom stereocenters. The second-order valence-electron chi connectivity index (χ2n) is 9.64. The van der Waals surface area contributed by atoms with Crippen molar-refractivity contribution < 1.29 is 47.9 Å². The van der Waals surface area contributed by atoms with Gasteiger partial charge in [0, 0.05) is 17.9 Å². The van der Waals surface area contributed by atoms with Crippen molar-refractivity contribution in [1.82, 2.24) is 0 Å². The number of esters is 1. The lowest BCUT2D eigenvalue weighted by Crippen LogP contribution is -2.25. The highest BCUT2D eigenvalue weighted by Crippen LogP contribution is 2.39. The number of aliphatic hydroxyl groups excluding tert-OH is 4. The molecule has 38 heavy (non-hydrogen) atoms. The maximum atomic E-state index is 12.9. The number of carbonyl (C=O) groups excluding carboxylic acids is 1. The lowest BCUT2D eigenvalue weighted by molar-refractivity contribution is -0.137. The molecule has 1 saturated carbocycles. The Morgan fingerprint density at radius 1 is 1.08 bits per heavy atom. The van der Waals surface area contributed by atoms with Gasteiger partial charge < -0.3 is 29.9 Å². The first-order valence-corrected chi connectivity index (χ1v) is 13.6. The normalized spacial score (nSPS) is 22.4. The van der Waals surface area contributed by atoms with Crippen molar-refractivity contribution in [1.29, 1.82) is 0 Å². The molecule has 0 amide bonds. The van der Waals surface area contributed by atoms with Crippen LogP contribution in [0, 0.1) is 11.8 Å². The minimum atomic E-state index is -4.48. The molecule has 1 aromatic heterocycles. The summed E-state index contributed by atoms with van der Waals surface area (Å²) in [6, 6.07) is 8.05. The third kappa shape index (κ3) is 8.94. The maximum absolute atomic E-state index is 12.9. The summed E-state index contributed by atoms with van der Waals surface area (Å²) in [5.74, 6) is -0.763. The summed E-state index contributed by atoms with van der Waals surface area (Å²) in [4.78, 5) is 13.5. The van der Waals surface area contributed by atoms with Crippen LogP contribution in [-0.4, -0.2) is 64.5 Å². The van der Waals surface area contributed by atoms with Crippen molar-refractivity contribution in [2.45, 2.75) is 69.4 Å². The van der Waals surface area contributed by atoms with Crippen LogP contribution in [0.5, 0.6) is 5.75 Å². The molecule has 0 aliphatic heterocycles. The molecule has 1 aromatic carbocycles. The average molecular weight is 561 g/mol. The third-order valence-corrected chi connectivity index (χ3v) is 7.94. The summed E-state index contributed by atoms with van der Waals surface area (Å²) in [7, 11) is 0. The van der Waals surface area contributed by atoms with Gasteiger partial charge in [-0.05, 0) is 80.7 Å². The molecule has 0 spiro atoms. The number of hydrogen-bond donors (Lipinski definition) is 4. The monoisotopic (exact) mass is 560 g/mol. The number of halogens is 3. The Balaban J connectivity index is 1.44. The van der Waals surface area contributed by atoms with E-state index in [0.29, 0.717) is 30.6 Å². The number of alkyl halides is 3. The first kappa shape index (κ1) is 30.4. The van der Waals surface area contributed by atoms with Crippen LogP contribution in [0.4, 0.5) is 13.2 Å². The van der Waals surface area contributed by atoms with Gasteiger partial charge >= 0.3 is 12.1 Å². The molecule has 7 nitrogen and oxygen atoms in total. The minimum Gasteiger partial charge on any atom is -0.491 e. The highest BCUT2D eigenvalue weighted by atomic mass is 32.1. The van der Waals surface area contributed by atoms with E-state index in [2.05, 4.69) is 0 Å². The van der Waals surface area contributed by atoms with Gasteiger partial charge in [0.05, 0.1) is 30.5 Å². The van der Waals surface area contributed by atoms with Crippen LogP contribution in [0.2, 0.25) is 0 Å². The molecule has 0 bridgehead atoms. The van der Waals surface area contributed by atoms with E-state index >= 15 is 0 Å². The van der Waals surface area contributed by atoms with Crippen LogP contribution in [0.15, 0.2) is 36.4 Å². The summed E-state index contributed by atoms with van der Waals surface area (Å²) >= 11 is 1.35. The standard InChI is InChI=1S/C27H35F3O7S/c28-27(29,30)17-4-1-5-19(14-17)37-16-18(32)8-10-22-21(23(33)15-24(22)34)7-2-6-20-9-11-25(38-20)26(35)36-13-3-12-31/h1,4-5,9,11,14,18,21-24,31-34H,2-3,6-8,10,12-13,15-16H2/t18-,21+,22-,23-,24-/m1/s1. The second kappa shape index (κ2) is 14.3. The summed E-state index contributed by atoms with van der Waals surface area (Å²) in [6.45, 7) is -0.0589. The smallest absolute Gasteiger partial charge is 0.416 e. The summed E-state index contributed by atoms with van der Waals surface area (Å²) < 4.78 is 49.0. The lowest BCUT2D eigenvalue weighted by atomic mass is 9.85. The van der Waals surface area contributed by atoms with E-state index < -0.39 is 36.0 Å². The van der Waals surface area contributed by atoms with E-state index in [1.807, 2.05) is 6.07 Å². The van der Waals surface area contributed by atoms with E-state index in [1.54, 1.807) is 6.07 Å². The first-order chi connectivity index (χ1) is 18.1. The predicted octanol–water partition coefficient (Wildman–Crippen LogP) is 4.21. The zero-order valence-corrected chi connectivity index (χ0v) is 21.8. The Kier molecular flexibility index (Phi) is 11.4. The fourth-order valence-corrected chi connectivity index (χ4v) is 5.78. The molecular formula is C27H35F3O7S. The summed E-state index contributed by atoms with van der Waals surface area (Å²) in [5.41, 5.74) is -0.827. The van der Waals surface area contributed by atoms with Crippen LogP contribution in [0.3, 0.4) is 0 Å². The van der Waals surface area contributed by atoms with Crippen molar-refractivity contribution in [3.8, 4) is 5.75 Å². The summed E-state index contributed by atoms with van der Waals surface area (Å²) in [5, 5.41) is 40.1. The molecule has 212 valence electrons. The Morgan fingerprint density at radius 3 is 2.53 bits per heavy atom. The Morgan fingerprint density at radius 2 is 1.82 bits per heavy atom. The number of aryl methyl sites for hydroxylation is 1. The van der Waals surface area contributed by atoms with Gasteiger partial charge in [-0.1, -0.05) is 6.07 Å². The largest absolute Gasteiger partial charge is 0.491 e. The van der Waals surface area contributed by atoms with E-state index in [-0.39, 0.29) is 50.2 Å². The van der Waals surface area contributed by atoms with Crippen molar-refractivity contribution in [2.75, 3.05) is 19.8 Å². The lowest BCUT2D eigenvalue weighted by Gasteiger charge is -2.24. The zero-order chi connectivity index (χ0) is 27.7. The minimum absolute atomic E-state index is 0.0169. The SMILES string of the molecule is O=C(OCCCO)c1ccc(CCC[C@H]2[C@@H](CC[C@@H](O)COc3cccc(C(F)(F)F)c3)[C@H](O)C[C@H]2O)s1. The van der Waals surface area contributed by atoms with Crippen LogP contribution in [0.1, 0.15) is 58.6 Å². The number of thiophene rings is 1. The second-order valence-corrected chi connectivity index (χ2v) is 10.8. The van der Waals surface area contributed by atoms with Crippen LogP contribution >= 0.6 is 11.3 Å². The van der Waals surface area contributed by atoms with E-state index in [0.717, 1.165) is 23.4 Å². The molecule has 11 heteroatoms. The fourth-order valence-electron chi connectivity index (χ4n) is 4.84. The number of aliphatic hydroxyl groups is 4. The van der Waals surface area contributed by atoms with Crippen molar-refractivity contribution >= 4 is 17.3 Å². The fraction of sp³-hybridized carbons (Fsp3) is 0.593. The van der Waals surface area contributed by atoms with Gasteiger partial charge in [0.25, 0.3) is 0 Å². The highest BCUT2D eigenvalue weighted by molar-refractivity contribution is 7.13. The third-order valence-electron chi connectivity index (χ3n) is 6.82. The summed E-state index contributed by atoms with van der Waals surface area (Å²) in [6.07, 6.45) is -3.30. The molecule has 1 aliphatic carbocycles. The topological polar surface area (TPSA) is 116 Å². The Labute approximate surface area is 223 Å². The van der Waals surface area contributed by atoms with Crippen LogP contribution < -0.4 is 4.74 Å². The van der Waals surface area contributed by atoms with E-state index in [4.69, 9.17) is 14.6 Å². The molecule has 1 fully saturated rings. The molecule has 3 rings (SSSR count). The van der Waals surface area contributed by atoms with Gasteiger partial charge in [-0.3, -0.25) is 0 Å². The van der Waals surface area contributed by atoms with Gasteiger partial charge in [0.15, 0.2) is 0 Å². The number of carbonyl (C=O) groups is 1. The molecule has 2 aromatic rings. The highest BCUT2D eigenvalue weighted by Gasteiger charge is 2.41. The number of hydrogen-bond acceptors (Lipinski definition) is 8. The van der Waals surface area contributed by atoms with Crippen LogP contribution in [0.25, 0.3) is 0 Å². The number of ether oxygens (including phenoxy) is 2. The zero-order valence-electron chi connectivity index (χ0n) is 21.0. The van der Waals surface area contributed by atoms with Gasteiger partial charge in [-0.15, -0.1) is 11.3 Å². The van der Waals surface area contributed by atoms with Gasteiger partial charge in [0.2, 0.25) is 0 Å². The van der Waals surface area contributed by atoms with E-state index in [1.165, 1.54) is 23.5 Å². The Bertz CT molecular complexity index is 1010. The van der Waals surface area contributed by atoms with Gasteiger partial charge in [-0.25, -0.2) is 4.79 Å². The average Bonchev–Trinajstić information content (AvgIpc) is 3.45. The molecule has 4 N–H and O–H groups in total. The maximum Gasteiger partial charge on any atom is 0.416 e. The van der Waals surface area contributed by atoms with Crippen molar-refractivity contribution in [2.24, 2.45) is 11.8 Å². The van der Waals surface area contributed by atoms with Crippen LogP contribution in [-0.2, 0) is 17.3 Å². The van der Waals surface area contributed by atoms with Crippen molar-refractivity contribution in [3.05, 3.63) is 51.7 Å². The molecule has 1 heterocycles. The molecule has 0 radical (unpaired) electrons. The number of rotatable bonds is 14. The van der Waals surface area contributed by atoms with E-state index in [9.17, 15) is 33.3 Å². The quantitative estimate of drug-likeness (QED) is 0.202. The first-order valence-electron chi connectivity index (χ1n) is 12.8. The van der Waals surface area contributed by atoms with Gasteiger partial charge in [-0.2, -0.15) is 13.2 Å². The molecular weight excluding hydrogens is 525 g/mol. The Hall–Kier alpha value is -2.18. The predicted molar refractivity (Wildman–Crippen MR) is 135 cm³/mol. The van der Waals surface area contributed by atoms with Gasteiger partial charge in [0.1, 0.15) is 17.2 Å². The molecule has 5 atom stereocenters. The van der Waals surface area contributed by atoms with Crippen molar-refractivity contribution in [3.63, 3.8) is 0 Å². The number of benzene rings is 1. The molecule has 1 aliphatic rings.